The molecule has 104 valence electrons. The van der Waals surface area contributed by atoms with Crippen molar-refractivity contribution in [3.05, 3.63) is 53.7 Å². The second-order valence-corrected chi connectivity index (χ2v) is 5.67. The van der Waals surface area contributed by atoms with Crippen molar-refractivity contribution in [1.82, 2.24) is 4.98 Å². The van der Waals surface area contributed by atoms with Gasteiger partial charge in [-0.2, -0.15) is 0 Å². The molecular weight excluding hydrogens is 246 g/mol. The number of aromatic nitrogens is 1. The molecule has 1 aromatic heterocycles. The maximum atomic E-state index is 4.41. The maximum Gasteiger partial charge on any atom is 0.128 e. The maximum absolute atomic E-state index is 4.41. The van der Waals surface area contributed by atoms with Crippen LogP contribution in [0.3, 0.4) is 0 Å². The first kappa shape index (κ1) is 13.0. The second-order valence-electron chi connectivity index (χ2n) is 5.67. The molecule has 0 saturated heterocycles. The fraction of sp³-hybridized carbons (Fsp3) is 0.353. The van der Waals surface area contributed by atoms with E-state index in [9.17, 15) is 0 Å². The van der Waals surface area contributed by atoms with Crippen molar-refractivity contribution >= 4 is 11.5 Å². The van der Waals surface area contributed by atoms with E-state index in [0.29, 0.717) is 0 Å². The van der Waals surface area contributed by atoms with Crippen molar-refractivity contribution in [2.75, 3.05) is 24.3 Å². The molecule has 0 atom stereocenters. The number of pyridine rings is 1. The summed E-state index contributed by atoms with van der Waals surface area (Å²) in [7, 11) is 4.00. The molecule has 1 aromatic carbocycles. The zero-order chi connectivity index (χ0) is 13.9. The van der Waals surface area contributed by atoms with Crippen molar-refractivity contribution < 1.29 is 0 Å². The van der Waals surface area contributed by atoms with Crippen LogP contribution in [0.4, 0.5) is 11.5 Å². The van der Waals surface area contributed by atoms with E-state index in [-0.39, 0.29) is 0 Å². The van der Waals surface area contributed by atoms with E-state index >= 15 is 0 Å². The molecule has 2 aromatic rings. The van der Waals surface area contributed by atoms with Gasteiger partial charge in [-0.1, -0.05) is 24.3 Å². The van der Waals surface area contributed by atoms with Crippen LogP contribution in [0.1, 0.15) is 29.9 Å². The highest BCUT2D eigenvalue weighted by Gasteiger charge is 2.23. The summed E-state index contributed by atoms with van der Waals surface area (Å²) < 4.78 is 0. The Morgan fingerprint density at radius 2 is 2.05 bits per heavy atom. The first-order chi connectivity index (χ1) is 9.72. The van der Waals surface area contributed by atoms with Crippen LogP contribution in [0.2, 0.25) is 0 Å². The molecule has 1 saturated carbocycles. The fourth-order valence-electron chi connectivity index (χ4n) is 2.33. The molecule has 1 heterocycles. The standard InChI is InChI=1S/C17H21N3/c1-20(2)17-9-8-16(12-19-17)18-11-13-4-3-5-15(10-13)14-6-7-14/h3-5,8-10,12,14,18H,6-7,11H2,1-2H3. The molecule has 3 nitrogen and oxygen atoms in total. The van der Waals surface area contributed by atoms with Gasteiger partial charge in [0.1, 0.15) is 5.82 Å². The Morgan fingerprint density at radius 1 is 1.20 bits per heavy atom. The quantitative estimate of drug-likeness (QED) is 0.896. The molecular formula is C17H21N3. The SMILES string of the molecule is CN(C)c1ccc(NCc2cccc(C3CC3)c2)cn1. The van der Waals surface area contributed by atoms with Crippen LogP contribution in [-0.4, -0.2) is 19.1 Å². The summed E-state index contributed by atoms with van der Waals surface area (Å²) in [4.78, 5) is 6.41. The monoisotopic (exact) mass is 267 g/mol. The summed E-state index contributed by atoms with van der Waals surface area (Å²) in [5.41, 5.74) is 3.89. The fourth-order valence-corrected chi connectivity index (χ4v) is 2.33. The van der Waals surface area contributed by atoms with E-state index in [4.69, 9.17) is 0 Å². The van der Waals surface area contributed by atoms with Gasteiger partial charge >= 0.3 is 0 Å². The van der Waals surface area contributed by atoms with Gasteiger partial charge in [0.2, 0.25) is 0 Å². The Hall–Kier alpha value is -2.03. The summed E-state index contributed by atoms with van der Waals surface area (Å²) in [6.45, 7) is 0.851. The lowest BCUT2D eigenvalue weighted by molar-refractivity contribution is 1.06. The number of rotatable bonds is 5. The van der Waals surface area contributed by atoms with Gasteiger partial charge in [0.25, 0.3) is 0 Å². The van der Waals surface area contributed by atoms with E-state index in [2.05, 4.69) is 40.6 Å². The van der Waals surface area contributed by atoms with Gasteiger partial charge in [0.15, 0.2) is 0 Å². The summed E-state index contributed by atoms with van der Waals surface area (Å²) in [5, 5.41) is 3.43. The van der Waals surface area contributed by atoms with Crippen LogP contribution in [0.5, 0.6) is 0 Å². The third-order valence-corrected chi connectivity index (χ3v) is 3.70. The van der Waals surface area contributed by atoms with Crippen LogP contribution in [-0.2, 0) is 6.54 Å². The Labute approximate surface area is 120 Å². The minimum absolute atomic E-state index is 0.816. The number of benzene rings is 1. The first-order valence-electron chi connectivity index (χ1n) is 7.18. The highest BCUT2D eigenvalue weighted by molar-refractivity contribution is 5.48. The summed E-state index contributed by atoms with van der Waals surface area (Å²) in [5.74, 6) is 1.79. The molecule has 0 bridgehead atoms. The Balaban J connectivity index is 1.62. The molecule has 1 fully saturated rings. The number of nitrogens with one attached hydrogen (secondary N) is 1. The van der Waals surface area contributed by atoms with E-state index in [1.165, 1.54) is 24.0 Å². The molecule has 0 spiro atoms. The number of hydrogen-bond acceptors (Lipinski definition) is 3. The van der Waals surface area contributed by atoms with Gasteiger partial charge in [-0.25, -0.2) is 4.98 Å². The van der Waals surface area contributed by atoms with E-state index in [1.54, 1.807) is 0 Å². The van der Waals surface area contributed by atoms with Crippen LogP contribution in [0, 0.1) is 0 Å². The average Bonchev–Trinajstić information content (AvgIpc) is 3.30. The minimum atomic E-state index is 0.816. The highest BCUT2D eigenvalue weighted by atomic mass is 15.1. The average molecular weight is 267 g/mol. The normalized spacial score (nSPS) is 14.1. The zero-order valence-corrected chi connectivity index (χ0v) is 12.1. The van der Waals surface area contributed by atoms with Gasteiger partial charge in [-0.15, -0.1) is 0 Å². The summed E-state index contributed by atoms with van der Waals surface area (Å²) in [6, 6.07) is 13.0. The first-order valence-corrected chi connectivity index (χ1v) is 7.18. The molecule has 20 heavy (non-hydrogen) atoms. The summed E-state index contributed by atoms with van der Waals surface area (Å²) >= 11 is 0. The molecule has 0 unspecified atom stereocenters. The van der Waals surface area contributed by atoms with Crippen LogP contribution < -0.4 is 10.2 Å². The predicted octanol–water partition coefficient (Wildman–Crippen LogP) is 3.64. The molecule has 1 N–H and O–H groups in total. The van der Waals surface area contributed by atoms with E-state index in [1.807, 2.05) is 31.3 Å². The highest BCUT2D eigenvalue weighted by Crippen LogP contribution is 2.40. The van der Waals surface area contributed by atoms with E-state index in [0.717, 1.165) is 24.0 Å². The van der Waals surface area contributed by atoms with Gasteiger partial charge in [-0.3, -0.25) is 0 Å². The van der Waals surface area contributed by atoms with Gasteiger partial charge in [0, 0.05) is 20.6 Å². The van der Waals surface area contributed by atoms with Crippen molar-refractivity contribution in [3.63, 3.8) is 0 Å². The van der Waals surface area contributed by atoms with Crippen LogP contribution in [0.15, 0.2) is 42.6 Å². The van der Waals surface area contributed by atoms with Crippen LogP contribution >= 0.6 is 0 Å². The third-order valence-electron chi connectivity index (χ3n) is 3.70. The predicted molar refractivity (Wildman–Crippen MR) is 84.3 cm³/mol. The molecule has 0 radical (unpaired) electrons. The minimum Gasteiger partial charge on any atom is -0.380 e. The molecule has 1 aliphatic carbocycles. The van der Waals surface area contributed by atoms with Gasteiger partial charge < -0.3 is 10.2 Å². The Bertz CT molecular complexity index is 571. The lowest BCUT2D eigenvalue weighted by Crippen LogP contribution is -2.10. The number of anilines is 2. The van der Waals surface area contributed by atoms with Crippen molar-refractivity contribution in [2.45, 2.75) is 25.3 Å². The van der Waals surface area contributed by atoms with Gasteiger partial charge in [0.05, 0.1) is 11.9 Å². The molecule has 3 rings (SSSR count). The Kier molecular flexibility index (Phi) is 3.59. The summed E-state index contributed by atoms with van der Waals surface area (Å²) in [6.07, 6.45) is 4.60. The number of hydrogen-bond donors (Lipinski definition) is 1. The second kappa shape index (κ2) is 5.53. The van der Waals surface area contributed by atoms with Crippen LogP contribution in [0.25, 0.3) is 0 Å². The van der Waals surface area contributed by atoms with Crippen molar-refractivity contribution in [2.24, 2.45) is 0 Å². The van der Waals surface area contributed by atoms with Gasteiger partial charge in [-0.05, 0) is 42.0 Å². The lowest BCUT2D eigenvalue weighted by atomic mass is 10.1. The largest absolute Gasteiger partial charge is 0.380 e. The topological polar surface area (TPSA) is 28.2 Å². The Morgan fingerprint density at radius 3 is 2.70 bits per heavy atom. The van der Waals surface area contributed by atoms with Crippen molar-refractivity contribution in [1.29, 1.82) is 0 Å². The molecule has 1 aliphatic rings. The number of nitrogens with zero attached hydrogens (tertiary/aromatic N) is 2. The van der Waals surface area contributed by atoms with E-state index < -0.39 is 0 Å². The van der Waals surface area contributed by atoms with Crippen molar-refractivity contribution in [3.8, 4) is 0 Å². The lowest BCUT2D eigenvalue weighted by Gasteiger charge is -2.12. The molecule has 3 heteroatoms. The zero-order valence-electron chi connectivity index (χ0n) is 12.1. The smallest absolute Gasteiger partial charge is 0.128 e. The molecule has 0 amide bonds. The molecule has 0 aliphatic heterocycles. The third kappa shape index (κ3) is 3.10.